The van der Waals surface area contributed by atoms with E-state index in [0.717, 1.165) is 6.26 Å². The highest BCUT2D eigenvalue weighted by atomic mass is 32.2. The number of H-pyrrole nitrogens is 1. The van der Waals surface area contributed by atoms with Crippen LogP contribution in [0.3, 0.4) is 0 Å². The molecule has 0 saturated carbocycles. The van der Waals surface area contributed by atoms with Gasteiger partial charge in [-0.3, -0.25) is 0 Å². The van der Waals surface area contributed by atoms with Gasteiger partial charge in [-0.25, -0.2) is 13.4 Å². The van der Waals surface area contributed by atoms with Crippen LogP contribution in [-0.2, 0) is 16.6 Å². The lowest BCUT2D eigenvalue weighted by atomic mass is 10.6. The Morgan fingerprint density at radius 1 is 1.67 bits per heavy atom. The number of aromatic nitrogens is 2. The Hall–Kier alpha value is -0.880. The molecule has 68 valence electrons. The highest BCUT2D eigenvalue weighted by Crippen LogP contribution is 1.99. The molecule has 0 aliphatic heterocycles. The van der Waals surface area contributed by atoms with Gasteiger partial charge in [-0.1, -0.05) is 0 Å². The van der Waals surface area contributed by atoms with Crippen LogP contribution in [0, 0.1) is 0 Å². The molecule has 0 aliphatic rings. The summed E-state index contributed by atoms with van der Waals surface area (Å²) in [4.78, 5) is 6.73. The van der Waals surface area contributed by atoms with Crippen LogP contribution in [0.2, 0.25) is 0 Å². The van der Waals surface area contributed by atoms with Crippen molar-refractivity contribution in [2.24, 2.45) is 0 Å². The Morgan fingerprint density at radius 2 is 2.33 bits per heavy atom. The lowest BCUT2D eigenvalue weighted by molar-refractivity contribution is 0.463. The summed E-state index contributed by atoms with van der Waals surface area (Å²) in [7, 11) is -1.59. The van der Waals surface area contributed by atoms with Crippen molar-refractivity contribution in [2.45, 2.75) is 6.54 Å². The van der Waals surface area contributed by atoms with Crippen molar-refractivity contribution in [3.8, 4) is 0 Å². The molecule has 12 heavy (non-hydrogen) atoms. The first kappa shape index (κ1) is 9.21. The Kier molecular flexibility index (Phi) is 2.49. The summed E-state index contributed by atoms with van der Waals surface area (Å²) in [6, 6.07) is 0. The second-order valence-electron chi connectivity index (χ2n) is 2.55. The zero-order valence-electron chi connectivity index (χ0n) is 6.98. The van der Waals surface area contributed by atoms with Crippen LogP contribution in [0.5, 0.6) is 0 Å². The molecule has 0 atom stereocenters. The van der Waals surface area contributed by atoms with E-state index in [1.165, 1.54) is 11.4 Å². The first-order valence-corrected chi connectivity index (χ1v) is 5.24. The molecule has 0 aromatic carbocycles. The predicted octanol–water partition coefficient (Wildman–Crippen LogP) is -0.199. The quantitative estimate of drug-likeness (QED) is 0.716. The van der Waals surface area contributed by atoms with E-state index in [2.05, 4.69) is 9.97 Å². The Labute approximate surface area is 71.5 Å². The van der Waals surface area contributed by atoms with E-state index in [1.54, 1.807) is 12.4 Å². The molecule has 0 spiro atoms. The lowest BCUT2D eigenvalue weighted by Gasteiger charge is -2.11. The number of nitrogens with one attached hydrogen (secondary N) is 1. The van der Waals surface area contributed by atoms with Gasteiger partial charge < -0.3 is 4.98 Å². The van der Waals surface area contributed by atoms with E-state index in [-0.39, 0.29) is 6.54 Å². The van der Waals surface area contributed by atoms with Crippen molar-refractivity contribution in [1.82, 2.24) is 14.3 Å². The summed E-state index contributed by atoms with van der Waals surface area (Å²) in [5.41, 5.74) is 0. The summed E-state index contributed by atoms with van der Waals surface area (Å²) in [5.74, 6) is 0.642. The molecule has 1 rings (SSSR count). The topological polar surface area (TPSA) is 66.1 Å². The molecule has 0 amide bonds. The molecule has 1 aromatic rings. The molecule has 0 bridgehead atoms. The standard InChI is InChI=1S/C6H11N3O2S/c1-9(12(2,10)11)5-6-7-3-4-8-6/h3-4H,5H2,1-2H3,(H,7,8). The normalized spacial score (nSPS) is 12.2. The molecule has 5 nitrogen and oxygen atoms in total. The minimum absolute atomic E-state index is 0.284. The average Bonchev–Trinajstić information content (AvgIpc) is 2.37. The second-order valence-corrected chi connectivity index (χ2v) is 4.64. The zero-order chi connectivity index (χ0) is 9.19. The van der Waals surface area contributed by atoms with Crippen molar-refractivity contribution >= 4 is 10.0 Å². The fourth-order valence-electron chi connectivity index (χ4n) is 0.713. The Morgan fingerprint density at radius 3 is 2.75 bits per heavy atom. The van der Waals surface area contributed by atoms with Gasteiger partial charge in [0.25, 0.3) is 0 Å². The van der Waals surface area contributed by atoms with E-state index < -0.39 is 10.0 Å². The van der Waals surface area contributed by atoms with E-state index >= 15 is 0 Å². The van der Waals surface area contributed by atoms with Gasteiger partial charge in [0.2, 0.25) is 10.0 Å². The van der Waals surface area contributed by atoms with Gasteiger partial charge in [-0.05, 0) is 0 Å². The van der Waals surface area contributed by atoms with Crippen LogP contribution in [-0.4, -0.2) is 36.0 Å². The van der Waals surface area contributed by atoms with Crippen LogP contribution in [0.1, 0.15) is 5.82 Å². The van der Waals surface area contributed by atoms with Gasteiger partial charge in [0, 0.05) is 19.4 Å². The number of rotatable bonds is 3. The number of nitrogens with zero attached hydrogens (tertiary/aromatic N) is 2. The van der Waals surface area contributed by atoms with Crippen molar-refractivity contribution < 1.29 is 8.42 Å². The van der Waals surface area contributed by atoms with Gasteiger partial charge in [-0.2, -0.15) is 4.31 Å². The molecule has 6 heteroatoms. The third-order valence-electron chi connectivity index (χ3n) is 1.49. The highest BCUT2D eigenvalue weighted by molar-refractivity contribution is 7.88. The largest absolute Gasteiger partial charge is 0.347 e. The van der Waals surface area contributed by atoms with Gasteiger partial charge in [-0.15, -0.1) is 0 Å². The number of imidazole rings is 1. The Bertz CT molecular complexity index is 330. The lowest BCUT2D eigenvalue weighted by Crippen LogP contribution is -2.25. The Balaban J connectivity index is 2.66. The minimum Gasteiger partial charge on any atom is -0.347 e. The van der Waals surface area contributed by atoms with Crippen LogP contribution in [0.25, 0.3) is 0 Å². The zero-order valence-corrected chi connectivity index (χ0v) is 7.80. The number of hydrogen-bond acceptors (Lipinski definition) is 3. The summed E-state index contributed by atoms with van der Waals surface area (Å²) in [5, 5.41) is 0. The molecule has 0 radical (unpaired) electrons. The van der Waals surface area contributed by atoms with Crippen LogP contribution in [0.15, 0.2) is 12.4 Å². The maximum Gasteiger partial charge on any atom is 0.211 e. The van der Waals surface area contributed by atoms with Crippen molar-refractivity contribution in [2.75, 3.05) is 13.3 Å². The molecule has 1 heterocycles. The monoisotopic (exact) mass is 189 g/mol. The van der Waals surface area contributed by atoms with Crippen molar-refractivity contribution in [3.63, 3.8) is 0 Å². The fourth-order valence-corrected chi connectivity index (χ4v) is 1.07. The summed E-state index contributed by atoms with van der Waals surface area (Å²) in [6.07, 6.45) is 4.41. The first-order chi connectivity index (χ1) is 5.50. The third-order valence-corrected chi connectivity index (χ3v) is 2.75. The minimum atomic E-state index is -3.11. The molecule has 0 unspecified atom stereocenters. The van der Waals surface area contributed by atoms with Crippen LogP contribution >= 0.6 is 0 Å². The van der Waals surface area contributed by atoms with Crippen molar-refractivity contribution in [3.05, 3.63) is 18.2 Å². The number of hydrogen-bond donors (Lipinski definition) is 1. The summed E-state index contributed by atoms with van der Waals surface area (Å²) < 4.78 is 23.1. The first-order valence-electron chi connectivity index (χ1n) is 3.39. The number of sulfonamides is 1. The molecular weight excluding hydrogens is 178 g/mol. The molecule has 1 aromatic heterocycles. The van der Waals surface area contributed by atoms with E-state index in [4.69, 9.17) is 0 Å². The average molecular weight is 189 g/mol. The summed E-state index contributed by atoms with van der Waals surface area (Å²) >= 11 is 0. The van der Waals surface area contributed by atoms with Crippen molar-refractivity contribution in [1.29, 1.82) is 0 Å². The SMILES string of the molecule is CN(Cc1ncc[nH]1)S(C)(=O)=O. The third kappa shape index (κ3) is 2.31. The van der Waals surface area contributed by atoms with E-state index in [1.807, 2.05) is 0 Å². The van der Waals surface area contributed by atoms with Crippen LogP contribution in [0.4, 0.5) is 0 Å². The van der Waals surface area contributed by atoms with Gasteiger partial charge in [0.05, 0.1) is 12.8 Å². The fraction of sp³-hybridized carbons (Fsp3) is 0.500. The predicted molar refractivity (Wildman–Crippen MR) is 44.9 cm³/mol. The molecule has 0 fully saturated rings. The highest BCUT2D eigenvalue weighted by Gasteiger charge is 2.11. The van der Waals surface area contributed by atoms with Gasteiger partial charge >= 0.3 is 0 Å². The maximum absolute atomic E-state index is 10.9. The molecular formula is C6H11N3O2S. The molecule has 0 aliphatic carbocycles. The van der Waals surface area contributed by atoms with E-state index in [0.29, 0.717) is 5.82 Å². The molecule has 0 saturated heterocycles. The molecule has 1 N–H and O–H groups in total. The number of aromatic amines is 1. The van der Waals surface area contributed by atoms with Gasteiger partial charge in [0.15, 0.2) is 0 Å². The maximum atomic E-state index is 10.9. The van der Waals surface area contributed by atoms with Crippen LogP contribution < -0.4 is 0 Å². The second kappa shape index (κ2) is 3.24. The smallest absolute Gasteiger partial charge is 0.211 e. The summed E-state index contributed by atoms with van der Waals surface area (Å²) in [6.45, 7) is 0.284. The van der Waals surface area contributed by atoms with Gasteiger partial charge in [0.1, 0.15) is 5.82 Å². The van der Waals surface area contributed by atoms with E-state index in [9.17, 15) is 8.42 Å².